The van der Waals surface area contributed by atoms with Crippen molar-refractivity contribution < 1.29 is 4.79 Å². The standard InChI is InChI=1S/C28H31N5O/c1-18-6-5-7-24(15-18)30-28(34)22-8-10-32(11-9-22)27-16-21(4)29-26-17-25(31-33(26)27)23-13-19(2)12-20(3)14-23/h5-7,12-17,22H,8-11H2,1-4H3,(H,30,34). The SMILES string of the molecule is Cc1cccc(NC(=O)C2CCN(c3cc(C)nc4cc(-c5cc(C)cc(C)c5)nn34)CC2)c1. The molecular formula is C28H31N5O. The normalized spacial score (nSPS) is 14.5. The van der Waals surface area contributed by atoms with Crippen molar-refractivity contribution in [1.82, 2.24) is 14.6 Å². The molecule has 0 radical (unpaired) electrons. The van der Waals surface area contributed by atoms with E-state index in [1.165, 1.54) is 11.1 Å². The second kappa shape index (κ2) is 8.93. The van der Waals surface area contributed by atoms with E-state index in [-0.39, 0.29) is 11.8 Å². The number of amides is 1. The van der Waals surface area contributed by atoms with Crippen LogP contribution in [0.25, 0.3) is 16.9 Å². The molecule has 0 aliphatic carbocycles. The lowest BCUT2D eigenvalue weighted by Gasteiger charge is -2.33. The molecule has 1 aliphatic rings. The number of hydrogen-bond acceptors (Lipinski definition) is 4. The van der Waals surface area contributed by atoms with Crippen LogP contribution < -0.4 is 10.2 Å². The molecule has 1 amide bonds. The van der Waals surface area contributed by atoms with Crippen LogP contribution in [0.3, 0.4) is 0 Å². The molecule has 5 rings (SSSR count). The summed E-state index contributed by atoms with van der Waals surface area (Å²) in [6, 6.07) is 18.6. The number of nitrogens with one attached hydrogen (secondary N) is 1. The predicted molar refractivity (Wildman–Crippen MR) is 137 cm³/mol. The molecule has 6 nitrogen and oxygen atoms in total. The van der Waals surface area contributed by atoms with Gasteiger partial charge >= 0.3 is 0 Å². The number of fused-ring (bicyclic) bond motifs is 1. The van der Waals surface area contributed by atoms with E-state index in [2.05, 4.69) is 54.4 Å². The number of aromatic nitrogens is 3. The van der Waals surface area contributed by atoms with Crippen molar-refractivity contribution in [2.24, 2.45) is 5.92 Å². The fraction of sp³-hybridized carbons (Fsp3) is 0.321. The van der Waals surface area contributed by atoms with E-state index in [0.29, 0.717) is 0 Å². The van der Waals surface area contributed by atoms with Crippen LogP contribution in [0.2, 0.25) is 0 Å². The van der Waals surface area contributed by atoms with Gasteiger partial charge in [0.15, 0.2) is 5.65 Å². The van der Waals surface area contributed by atoms with Gasteiger partial charge in [0.2, 0.25) is 5.91 Å². The maximum atomic E-state index is 12.8. The Morgan fingerprint density at radius 1 is 0.912 bits per heavy atom. The average Bonchev–Trinajstić information content (AvgIpc) is 3.22. The smallest absolute Gasteiger partial charge is 0.227 e. The van der Waals surface area contributed by atoms with Gasteiger partial charge in [0.25, 0.3) is 0 Å². The summed E-state index contributed by atoms with van der Waals surface area (Å²) >= 11 is 0. The summed E-state index contributed by atoms with van der Waals surface area (Å²) < 4.78 is 1.95. The van der Waals surface area contributed by atoms with Crippen molar-refractivity contribution in [2.45, 2.75) is 40.5 Å². The molecule has 34 heavy (non-hydrogen) atoms. The van der Waals surface area contributed by atoms with Crippen LogP contribution >= 0.6 is 0 Å². The summed E-state index contributed by atoms with van der Waals surface area (Å²) in [4.78, 5) is 19.9. The van der Waals surface area contributed by atoms with Crippen LogP contribution in [-0.4, -0.2) is 33.6 Å². The highest BCUT2D eigenvalue weighted by molar-refractivity contribution is 5.92. The Kier molecular flexibility index (Phi) is 5.82. The zero-order valence-electron chi connectivity index (χ0n) is 20.3. The first-order valence-electron chi connectivity index (χ1n) is 11.9. The van der Waals surface area contributed by atoms with E-state index in [9.17, 15) is 4.79 Å². The van der Waals surface area contributed by atoms with E-state index in [0.717, 1.165) is 65.6 Å². The third-order valence-electron chi connectivity index (χ3n) is 6.53. The summed E-state index contributed by atoms with van der Waals surface area (Å²) in [7, 11) is 0. The molecule has 3 heterocycles. The molecule has 0 saturated carbocycles. The third kappa shape index (κ3) is 4.53. The van der Waals surface area contributed by atoms with Crippen LogP contribution in [0, 0.1) is 33.6 Å². The van der Waals surface area contributed by atoms with Gasteiger partial charge in [0.05, 0.1) is 5.69 Å². The molecule has 1 N–H and O–H groups in total. The van der Waals surface area contributed by atoms with Crippen molar-refractivity contribution in [2.75, 3.05) is 23.3 Å². The molecule has 2 aromatic heterocycles. The number of carbonyl (C=O) groups is 1. The van der Waals surface area contributed by atoms with Gasteiger partial charge in [0, 0.05) is 48.1 Å². The molecule has 6 heteroatoms. The van der Waals surface area contributed by atoms with Crippen molar-refractivity contribution in [3.63, 3.8) is 0 Å². The van der Waals surface area contributed by atoms with Crippen molar-refractivity contribution in [1.29, 1.82) is 0 Å². The Hall–Kier alpha value is -3.67. The minimum absolute atomic E-state index is 0.0126. The van der Waals surface area contributed by atoms with E-state index in [4.69, 9.17) is 10.1 Å². The maximum absolute atomic E-state index is 12.8. The first-order valence-corrected chi connectivity index (χ1v) is 11.9. The van der Waals surface area contributed by atoms with E-state index in [1.54, 1.807) is 0 Å². The quantitative estimate of drug-likeness (QED) is 0.444. The molecule has 0 unspecified atom stereocenters. The van der Waals surface area contributed by atoms with Gasteiger partial charge in [0.1, 0.15) is 5.82 Å². The number of benzene rings is 2. The molecule has 4 aromatic rings. The highest BCUT2D eigenvalue weighted by atomic mass is 16.1. The minimum atomic E-state index is 0.0126. The van der Waals surface area contributed by atoms with Crippen molar-refractivity contribution in [3.05, 3.63) is 77.0 Å². The molecule has 1 saturated heterocycles. The van der Waals surface area contributed by atoms with Gasteiger partial charge in [-0.1, -0.05) is 29.3 Å². The number of carbonyl (C=O) groups excluding carboxylic acids is 1. The fourth-order valence-electron chi connectivity index (χ4n) is 4.91. The second-order valence-corrected chi connectivity index (χ2v) is 9.55. The number of piperidine rings is 1. The van der Waals surface area contributed by atoms with E-state index in [1.807, 2.05) is 42.6 Å². The van der Waals surface area contributed by atoms with Gasteiger partial charge in [-0.25, -0.2) is 4.98 Å². The largest absolute Gasteiger partial charge is 0.356 e. The topological polar surface area (TPSA) is 62.5 Å². The highest BCUT2D eigenvalue weighted by Crippen LogP contribution is 2.28. The first kappa shape index (κ1) is 22.1. The van der Waals surface area contributed by atoms with Crippen LogP contribution in [0.15, 0.2) is 54.6 Å². The monoisotopic (exact) mass is 453 g/mol. The van der Waals surface area contributed by atoms with Crippen LogP contribution in [0.4, 0.5) is 11.5 Å². The summed E-state index contributed by atoms with van der Waals surface area (Å²) in [5.74, 6) is 1.16. The molecule has 174 valence electrons. The summed E-state index contributed by atoms with van der Waals surface area (Å²) in [5, 5.41) is 8.02. The van der Waals surface area contributed by atoms with Crippen LogP contribution in [-0.2, 0) is 4.79 Å². The average molecular weight is 454 g/mol. The van der Waals surface area contributed by atoms with Crippen LogP contribution in [0.1, 0.15) is 35.2 Å². The number of nitrogens with zero attached hydrogens (tertiary/aromatic N) is 4. The Bertz CT molecular complexity index is 1340. The lowest BCUT2D eigenvalue weighted by Crippen LogP contribution is -2.39. The van der Waals surface area contributed by atoms with Crippen molar-refractivity contribution in [3.8, 4) is 11.3 Å². The molecule has 1 aliphatic heterocycles. The minimum Gasteiger partial charge on any atom is -0.356 e. The fourth-order valence-corrected chi connectivity index (χ4v) is 4.91. The summed E-state index contributed by atoms with van der Waals surface area (Å²) in [6.07, 6.45) is 1.62. The Labute approximate surface area is 200 Å². The Morgan fingerprint density at radius 2 is 1.65 bits per heavy atom. The Balaban J connectivity index is 1.35. The number of anilines is 2. The summed E-state index contributed by atoms with van der Waals surface area (Å²) in [5.41, 5.74) is 8.32. The van der Waals surface area contributed by atoms with Gasteiger partial charge in [-0.05, 0) is 70.4 Å². The van der Waals surface area contributed by atoms with E-state index < -0.39 is 0 Å². The number of aryl methyl sites for hydroxylation is 4. The zero-order chi connectivity index (χ0) is 23.8. The maximum Gasteiger partial charge on any atom is 0.227 e. The van der Waals surface area contributed by atoms with Crippen molar-refractivity contribution >= 4 is 23.1 Å². The molecule has 0 bridgehead atoms. The van der Waals surface area contributed by atoms with Gasteiger partial charge in [-0.2, -0.15) is 9.61 Å². The number of hydrogen-bond donors (Lipinski definition) is 1. The first-order chi connectivity index (χ1) is 16.4. The highest BCUT2D eigenvalue weighted by Gasteiger charge is 2.27. The van der Waals surface area contributed by atoms with E-state index >= 15 is 0 Å². The third-order valence-corrected chi connectivity index (χ3v) is 6.53. The summed E-state index contributed by atoms with van der Waals surface area (Å²) in [6.45, 7) is 9.90. The lowest BCUT2D eigenvalue weighted by atomic mass is 9.95. The number of rotatable bonds is 4. The molecule has 0 atom stereocenters. The van der Waals surface area contributed by atoms with Gasteiger partial charge < -0.3 is 10.2 Å². The molecule has 0 spiro atoms. The molecule has 2 aromatic carbocycles. The zero-order valence-corrected chi connectivity index (χ0v) is 20.3. The van der Waals surface area contributed by atoms with Gasteiger partial charge in [-0.15, -0.1) is 0 Å². The van der Waals surface area contributed by atoms with Crippen LogP contribution in [0.5, 0.6) is 0 Å². The molecular weight excluding hydrogens is 422 g/mol. The van der Waals surface area contributed by atoms with Gasteiger partial charge in [-0.3, -0.25) is 4.79 Å². The Morgan fingerprint density at radius 3 is 2.35 bits per heavy atom. The lowest BCUT2D eigenvalue weighted by molar-refractivity contribution is -0.120. The predicted octanol–water partition coefficient (Wildman–Crippen LogP) is 5.49. The molecule has 1 fully saturated rings. The second-order valence-electron chi connectivity index (χ2n) is 9.55.